The van der Waals surface area contributed by atoms with E-state index in [1.807, 2.05) is 28.9 Å². The molecular weight excluding hydrogens is 469 g/mol. The lowest BCUT2D eigenvalue weighted by Gasteiger charge is -2.33. The molecule has 2 fully saturated rings. The van der Waals surface area contributed by atoms with E-state index in [9.17, 15) is 4.39 Å². The molecule has 34 heavy (non-hydrogen) atoms. The molecule has 0 N–H and O–H groups in total. The molecule has 0 amide bonds. The van der Waals surface area contributed by atoms with E-state index in [4.69, 9.17) is 15.1 Å². The third kappa shape index (κ3) is 3.55. The number of anilines is 3. The van der Waals surface area contributed by atoms with Gasteiger partial charge in [-0.15, -0.1) is 16.4 Å². The van der Waals surface area contributed by atoms with Crippen molar-refractivity contribution in [1.82, 2.24) is 23.9 Å². The zero-order chi connectivity index (χ0) is 23.4. The van der Waals surface area contributed by atoms with Crippen LogP contribution in [0, 0.1) is 5.82 Å². The lowest BCUT2D eigenvalue weighted by molar-refractivity contribution is 0.411. The average Bonchev–Trinajstić information content (AvgIpc) is 3.65. The van der Waals surface area contributed by atoms with Gasteiger partial charge in [0.2, 0.25) is 0 Å². The highest BCUT2D eigenvalue weighted by Crippen LogP contribution is 2.38. The monoisotopic (exact) mass is 495 g/mol. The summed E-state index contributed by atoms with van der Waals surface area (Å²) in [5, 5.41) is 7.92. The molecule has 2 atom stereocenters. The van der Waals surface area contributed by atoms with Crippen LogP contribution in [0.25, 0.3) is 16.9 Å². The summed E-state index contributed by atoms with van der Waals surface area (Å²) in [5.74, 6) is 1.69. The van der Waals surface area contributed by atoms with Gasteiger partial charge in [-0.2, -0.15) is 4.52 Å². The van der Waals surface area contributed by atoms with Crippen LogP contribution in [0.2, 0.25) is 0 Å². The van der Waals surface area contributed by atoms with Crippen molar-refractivity contribution >= 4 is 45.7 Å². The minimum absolute atomic E-state index is 0.246. The fraction of sp³-hybridized carbons (Fsp3) is 0.375. The zero-order valence-corrected chi connectivity index (χ0v) is 21.0. The summed E-state index contributed by atoms with van der Waals surface area (Å²) in [6, 6.07) is 11.7. The molecule has 2 aliphatic heterocycles. The van der Waals surface area contributed by atoms with Crippen LogP contribution >= 0.6 is 23.3 Å². The molecule has 4 aromatic rings. The average molecular weight is 496 g/mol. The Labute approximate surface area is 206 Å². The fourth-order valence-electron chi connectivity index (χ4n) is 5.08. The zero-order valence-electron chi connectivity index (χ0n) is 19.3. The number of aromatic nitrogens is 4. The predicted molar refractivity (Wildman–Crippen MR) is 138 cm³/mol. The molecule has 0 aliphatic carbocycles. The van der Waals surface area contributed by atoms with Crippen molar-refractivity contribution in [3.8, 4) is 11.3 Å². The first kappa shape index (κ1) is 21.8. The van der Waals surface area contributed by atoms with Gasteiger partial charge in [0.05, 0.1) is 11.4 Å². The van der Waals surface area contributed by atoms with Gasteiger partial charge in [-0.25, -0.2) is 18.7 Å². The molecule has 0 radical (unpaired) electrons. The molecule has 0 saturated carbocycles. The number of imidazole rings is 1. The Morgan fingerprint density at radius 3 is 2.65 bits per heavy atom. The van der Waals surface area contributed by atoms with Crippen molar-refractivity contribution < 1.29 is 4.39 Å². The minimum Gasteiger partial charge on any atom is -0.349 e. The summed E-state index contributed by atoms with van der Waals surface area (Å²) in [6.07, 6.45) is 4.16. The molecule has 2 bridgehead atoms. The van der Waals surface area contributed by atoms with Crippen LogP contribution in [0.15, 0.2) is 41.8 Å². The van der Waals surface area contributed by atoms with E-state index in [2.05, 4.69) is 39.4 Å². The second-order valence-corrected chi connectivity index (χ2v) is 10.4. The maximum absolute atomic E-state index is 13.3. The summed E-state index contributed by atoms with van der Waals surface area (Å²) in [4.78, 5) is 14.2. The van der Waals surface area contributed by atoms with Crippen molar-refractivity contribution in [2.75, 3.05) is 36.2 Å². The molecule has 7 nitrogen and oxygen atoms in total. The molecule has 2 aliphatic rings. The van der Waals surface area contributed by atoms with Crippen molar-refractivity contribution in [2.45, 2.75) is 31.8 Å². The van der Waals surface area contributed by atoms with Gasteiger partial charge in [-0.3, -0.25) is 0 Å². The van der Waals surface area contributed by atoms with Gasteiger partial charge in [-0.1, -0.05) is 18.9 Å². The first-order chi connectivity index (χ1) is 16.6. The molecule has 0 spiro atoms. The third-order valence-corrected chi connectivity index (χ3v) is 8.63. The van der Waals surface area contributed by atoms with Gasteiger partial charge in [-0.05, 0) is 55.5 Å². The molecule has 1 aromatic carbocycles. The number of aryl methyl sites for hydroxylation is 1. The lowest BCUT2D eigenvalue weighted by Crippen LogP contribution is -2.43. The summed E-state index contributed by atoms with van der Waals surface area (Å²) in [5.41, 5.74) is 3.56. The highest BCUT2D eigenvalue weighted by Gasteiger charge is 2.43. The minimum atomic E-state index is -0.246. The fourth-order valence-corrected chi connectivity index (χ4v) is 6.65. The first-order valence-electron chi connectivity index (χ1n) is 11.5. The van der Waals surface area contributed by atoms with Crippen LogP contribution < -0.4 is 9.80 Å². The van der Waals surface area contributed by atoms with E-state index in [-0.39, 0.29) is 5.82 Å². The van der Waals surface area contributed by atoms with Crippen molar-refractivity contribution in [1.29, 1.82) is 0 Å². The number of rotatable bonds is 6. The van der Waals surface area contributed by atoms with E-state index in [0.717, 1.165) is 58.9 Å². The first-order valence-corrected chi connectivity index (χ1v) is 13.5. The van der Waals surface area contributed by atoms with Crippen LogP contribution in [0.5, 0.6) is 0 Å². The number of nitrogens with zero attached hydrogens (tertiary/aromatic N) is 7. The summed E-state index contributed by atoms with van der Waals surface area (Å²) in [6.45, 7) is 4.20. The van der Waals surface area contributed by atoms with E-state index in [1.165, 1.54) is 18.6 Å². The Morgan fingerprint density at radius 2 is 1.94 bits per heavy atom. The molecule has 5 heterocycles. The number of fused-ring (bicyclic) bond motifs is 3. The number of hydrogen-bond donors (Lipinski definition) is 0. The third-order valence-electron chi connectivity index (χ3n) is 6.80. The van der Waals surface area contributed by atoms with Crippen LogP contribution in [0.1, 0.15) is 19.0 Å². The summed E-state index contributed by atoms with van der Waals surface area (Å²) >= 11 is 3.41. The Bertz CT molecular complexity index is 1340. The molecule has 1 unspecified atom stereocenters. The van der Waals surface area contributed by atoms with E-state index >= 15 is 0 Å². The quantitative estimate of drug-likeness (QED) is 0.354. The molecule has 3 aromatic heterocycles. The second kappa shape index (κ2) is 8.51. The van der Waals surface area contributed by atoms with Crippen LogP contribution in [0.3, 0.4) is 0 Å². The smallest absolute Gasteiger partial charge is 0.191 e. The second-order valence-electron chi connectivity index (χ2n) is 8.76. The van der Waals surface area contributed by atoms with Crippen LogP contribution in [0.4, 0.5) is 21.2 Å². The number of thiazole rings is 1. The summed E-state index contributed by atoms with van der Waals surface area (Å²) < 4.78 is 17.8. The summed E-state index contributed by atoms with van der Waals surface area (Å²) in [7, 11) is 2.01. The van der Waals surface area contributed by atoms with Gasteiger partial charge in [0, 0.05) is 43.2 Å². The Kier molecular flexibility index (Phi) is 5.46. The highest BCUT2D eigenvalue weighted by atomic mass is 32.2. The largest absolute Gasteiger partial charge is 0.349 e. The molecular formula is C24H26FN7S2. The Morgan fingerprint density at radius 1 is 1.12 bits per heavy atom. The normalized spacial score (nSPS) is 20.1. The standard InChI is InChI=1S/C24H26FN7S2/c1-4-19-23(29(2)24-27-20(14-34-24)15-5-7-16(25)8-6-15)32-21(26-19)9-10-22(28-32)30-12-18-11-17(30)13-31(18)33-3/h5-10,14,17-18H,4,11-13H2,1-3H3/t17-,18?/m0/s1. The van der Waals surface area contributed by atoms with Crippen molar-refractivity contribution in [3.63, 3.8) is 0 Å². The van der Waals surface area contributed by atoms with Gasteiger partial charge in [0.25, 0.3) is 0 Å². The van der Waals surface area contributed by atoms with E-state index in [0.29, 0.717) is 12.1 Å². The molecule has 10 heteroatoms. The van der Waals surface area contributed by atoms with E-state index in [1.54, 1.807) is 23.5 Å². The van der Waals surface area contributed by atoms with Crippen LogP contribution in [-0.4, -0.2) is 62.4 Å². The van der Waals surface area contributed by atoms with Gasteiger partial charge in [0.15, 0.2) is 16.6 Å². The predicted octanol–water partition coefficient (Wildman–Crippen LogP) is 4.86. The van der Waals surface area contributed by atoms with E-state index < -0.39 is 0 Å². The Balaban J connectivity index is 1.35. The van der Waals surface area contributed by atoms with Crippen molar-refractivity contribution in [3.05, 3.63) is 53.3 Å². The van der Waals surface area contributed by atoms with Crippen molar-refractivity contribution in [2.24, 2.45) is 0 Å². The number of hydrogen-bond acceptors (Lipinski definition) is 8. The Hall–Kier alpha value is -2.69. The SMILES string of the molecule is CCc1nc2ccc(N3CC4C[C@H]3CN4SC)nn2c1N(C)c1nc(-c2ccc(F)cc2)cs1. The molecule has 176 valence electrons. The number of piperazine rings is 1. The van der Waals surface area contributed by atoms with Gasteiger partial charge >= 0.3 is 0 Å². The number of halogens is 1. The topological polar surface area (TPSA) is 52.8 Å². The molecule has 6 rings (SSSR count). The highest BCUT2D eigenvalue weighted by molar-refractivity contribution is 7.96. The maximum Gasteiger partial charge on any atom is 0.191 e. The molecule has 2 saturated heterocycles. The van der Waals surface area contributed by atoms with Gasteiger partial charge < -0.3 is 9.80 Å². The van der Waals surface area contributed by atoms with Crippen LogP contribution in [-0.2, 0) is 6.42 Å². The van der Waals surface area contributed by atoms with Gasteiger partial charge in [0.1, 0.15) is 11.6 Å². The maximum atomic E-state index is 13.3. The lowest BCUT2D eigenvalue weighted by atomic mass is 10.2. The number of benzene rings is 1.